The molecule has 1 amide bonds. The van der Waals surface area contributed by atoms with Crippen molar-refractivity contribution < 1.29 is 19.1 Å². The van der Waals surface area contributed by atoms with Crippen LogP contribution >= 0.6 is 15.9 Å². The van der Waals surface area contributed by atoms with E-state index in [0.717, 1.165) is 34.7 Å². The molecule has 2 aromatic rings. The number of furan rings is 1. The third-order valence-corrected chi connectivity index (χ3v) is 6.05. The maximum absolute atomic E-state index is 12.7. The predicted molar refractivity (Wildman–Crippen MR) is 92.0 cm³/mol. The number of nitrogens with zero attached hydrogens (tertiary/aromatic N) is 1. The predicted octanol–water partition coefficient (Wildman–Crippen LogP) is 3.83. The molecule has 0 radical (unpaired) electrons. The molecule has 1 aromatic carbocycles. The number of hydrogen-bond donors (Lipinski definition) is 1. The molecule has 1 saturated carbocycles. The van der Waals surface area contributed by atoms with Crippen molar-refractivity contribution in [3.63, 3.8) is 0 Å². The molecule has 0 bridgehead atoms. The van der Waals surface area contributed by atoms with Crippen LogP contribution in [0, 0.1) is 18.3 Å². The summed E-state index contributed by atoms with van der Waals surface area (Å²) in [6.45, 7) is 3.19. The SMILES string of the molecule is Cc1cc(Br)c2oc(C(=O)N3CCC4(CC3)CC4C(=O)O)cc2c1. The second-order valence-corrected chi connectivity index (χ2v) is 7.88. The molecule has 2 fully saturated rings. The number of aryl methyl sites for hydroxylation is 1. The van der Waals surface area contributed by atoms with E-state index in [1.54, 1.807) is 11.0 Å². The van der Waals surface area contributed by atoms with E-state index >= 15 is 0 Å². The summed E-state index contributed by atoms with van der Waals surface area (Å²) < 4.78 is 6.61. The van der Waals surface area contributed by atoms with Gasteiger partial charge < -0.3 is 14.4 Å². The van der Waals surface area contributed by atoms with Gasteiger partial charge in [0.25, 0.3) is 5.91 Å². The number of halogens is 1. The maximum Gasteiger partial charge on any atom is 0.307 e. The first-order chi connectivity index (χ1) is 11.4. The number of aliphatic carboxylic acids is 1. The van der Waals surface area contributed by atoms with Gasteiger partial charge in [-0.3, -0.25) is 9.59 Å². The van der Waals surface area contributed by atoms with Crippen LogP contribution < -0.4 is 0 Å². The summed E-state index contributed by atoms with van der Waals surface area (Å²) in [5.74, 6) is -0.692. The molecule has 126 valence electrons. The Bertz CT molecular complexity index is 848. The minimum Gasteiger partial charge on any atom is -0.481 e. The zero-order valence-corrected chi connectivity index (χ0v) is 14.9. The minimum atomic E-state index is -0.702. The van der Waals surface area contributed by atoms with Gasteiger partial charge in [-0.15, -0.1) is 0 Å². The molecule has 1 spiro atoms. The molecule has 1 aliphatic heterocycles. The highest BCUT2D eigenvalue weighted by molar-refractivity contribution is 9.10. The van der Waals surface area contributed by atoms with Crippen molar-refractivity contribution in [2.24, 2.45) is 11.3 Å². The fraction of sp³-hybridized carbons (Fsp3) is 0.444. The number of benzene rings is 1. The Labute approximate surface area is 147 Å². The van der Waals surface area contributed by atoms with Gasteiger partial charge >= 0.3 is 5.97 Å². The summed E-state index contributed by atoms with van der Waals surface area (Å²) in [6.07, 6.45) is 2.28. The summed E-state index contributed by atoms with van der Waals surface area (Å²) in [6, 6.07) is 5.74. The number of carbonyl (C=O) groups is 2. The summed E-state index contributed by atoms with van der Waals surface area (Å²) in [5, 5.41) is 10.1. The number of hydrogen-bond acceptors (Lipinski definition) is 3. The number of amides is 1. The quantitative estimate of drug-likeness (QED) is 0.844. The Hall–Kier alpha value is -1.82. The van der Waals surface area contributed by atoms with Gasteiger partial charge in [0.1, 0.15) is 5.58 Å². The highest BCUT2D eigenvalue weighted by atomic mass is 79.9. The van der Waals surface area contributed by atoms with Crippen molar-refractivity contribution >= 4 is 38.8 Å². The summed E-state index contributed by atoms with van der Waals surface area (Å²) >= 11 is 3.48. The van der Waals surface area contributed by atoms with Crippen molar-refractivity contribution in [2.45, 2.75) is 26.2 Å². The summed E-state index contributed by atoms with van der Waals surface area (Å²) in [7, 11) is 0. The molecule has 1 aliphatic carbocycles. The van der Waals surface area contributed by atoms with Crippen LogP contribution in [0.25, 0.3) is 11.0 Å². The highest BCUT2D eigenvalue weighted by Crippen LogP contribution is 2.59. The Kier molecular flexibility index (Phi) is 3.49. The third kappa shape index (κ3) is 2.44. The van der Waals surface area contributed by atoms with Gasteiger partial charge in [-0.1, -0.05) is 0 Å². The lowest BCUT2D eigenvalue weighted by Gasteiger charge is -2.32. The second kappa shape index (κ2) is 5.34. The number of fused-ring (bicyclic) bond motifs is 1. The second-order valence-electron chi connectivity index (χ2n) is 7.03. The zero-order valence-electron chi connectivity index (χ0n) is 13.3. The van der Waals surface area contributed by atoms with Gasteiger partial charge in [-0.25, -0.2) is 0 Å². The van der Waals surface area contributed by atoms with Crippen LogP contribution in [0.2, 0.25) is 0 Å². The molecule has 1 unspecified atom stereocenters. The molecule has 1 N–H and O–H groups in total. The van der Waals surface area contributed by atoms with Crippen LogP contribution in [-0.4, -0.2) is 35.0 Å². The lowest BCUT2D eigenvalue weighted by molar-refractivity contribution is -0.139. The monoisotopic (exact) mass is 391 g/mol. The van der Waals surface area contributed by atoms with Crippen molar-refractivity contribution in [2.75, 3.05) is 13.1 Å². The molecule has 1 saturated heterocycles. The number of piperidine rings is 1. The number of carbonyl (C=O) groups excluding carboxylic acids is 1. The van der Waals surface area contributed by atoms with Gasteiger partial charge in [-0.05, 0) is 71.3 Å². The van der Waals surface area contributed by atoms with Crippen LogP contribution in [0.1, 0.15) is 35.4 Å². The fourth-order valence-electron chi connectivity index (χ4n) is 3.92. The minimum absolute atomic E-state index is 0.0728. The maximum atomic E-state index is 12.7. The number of carboxylic acid groups (broad SMARTS) is 1. The standard InChI is InChI=1S/C18H18BrNO4/c1-10-6-11-8-14(24-15(11)13(19)7-10)16(21)20-4-2-18(3-5-20)9-12(18)17(22)23/h6-8,12H,2-5,9H2,1H3,(H,22,23). The van der Waals surface area contributed by atoms with E-state index < -0.39 is 5.97 Å². The van der Waals surface area contributed by atoms with E-state index in [1.807, 2.05) is 19.1 Å². The lowest BCUT2D eigenvalue weighted by Crippen LogP contribution is -2.39. The molecule has 1 atom stereocenters. The van der Waals surface area contributed by atoms with E-state index in [2.05, 4.69) is 15.9 Å². The van der Waals surface area contributed by atoms with Crippen LogP contribution in [-0.2, 0) is 4.79 Å². The molecule has 24 heavy (non-hydrogen) atoms. The average Bonchev–Trinajstić information content (AvgIpc) is 3.06. The van der Waals surface area contributed by atoms with Gasteiger partial charge in [0.15, 0.2) is 5.76 Å². The van der Waals surface area contributed by atoms with Gasteiger partial charge in [0.2, 0.25) is 0 Å². The zero-order chi connectivity index (χ0) is 17.1. The molecule has 4 rings (SSSR count). The van der Waals surface area contributed by atoms with Crippen molar-refractivity contribution in [3.8, 4) is 0 Å². The first-order valence-corrected chi connectivity index (χ1v) is 8.91. The van der Waals surface area contributed by atoms with E-state index in [0.29, 0.717) is 24.4 Å². The number of rotatable bonds is 2. The van der Waals surface area contributed by atoms with E-state index in [9.17, 15) is 9.59 Å². The Morgan fingerprint density at radius 3 is 2.62 bits per heavy atom. The molecule has 6 heteroatoms. The van der Waals surface area contributed by atoms with Crippen LogP contribution in [0.5, 0.6) is 0 Å². The fourth-order valence-corrected chi connectivity index (χ4v) is 4.59. The van der Waals surface area contributed by atoms with E-state index in [-0.39, 0.29) is 17.2 Å². The first-order valence-electron chi connectivity index (χ1n) is 8.11. The van der Waals surface area contributed by atoms with Gasteiger partial charge in [-0.2, -0.15) is 0 Å². The molecule has 5 nitrogen and oxygen atoms in total. The molecule has 2 heterocycles. The normalized spacial score (nSPS) is 22.1. The van der Waals surface area contributed by atoms with E-state index in [4.69, 9.17) is 9.52 Å². The Morgan fingerprint density at radius 1 is 1.29 bits per heavy atom. The molecular weight excluding hydrogens is 374 g/mol. The summed E-state index contributed by atoms with van der Waals surface area (Å²) in [4.78, 5) is 25.6. The van der Waals surface area contributed by atoms with Gasteiger partial charge in [0, 0.05) is 18.5 Å². The Balaban J connectivity index is 1.51. The average molecular weight is 392 g/mol. The van der Waals surface area contributed by atoms with Crippen LogP contribution in [0.15, 0.2) is 27.1 Å². The summed E-state index contributed by atoms with van der Waals surface area (Å²) in [5.41, 5.74) is 1.71. The molecule has 1 aromatic heterocycles. The lowest BCUT2D eigenvalue weighted by atomic mass is 9.90. The van der Waals surface area contributed by atoms with Crippen molar-refractivity contribution in [1.29, 1.82) is 0 Å². The number of likely N-dealkylation sites (tertiary alicyclic amines) is 1. The van der Waals surface area contributed by atoms with Gasteiger partial charge in [0.05, 0.1) is 10.4 Å². The number of carboxylic acids is 1. The van der Waals surface area contributed by atoms with E-state index in [1.165, 1.54) is 0 Å². The van der Waals surface area contributed by atoms with Crippen molar-refractivity contribution in [3.05, 3.63) is 34.0 Å². The highest BCUT2D eigenvalue weighted by Gasteiger charge is 2.59. The molecular formula is C18H18BrNO4. The van der Waals surface area contributed by atoms with Crippen LogP contribution in [0.4, 0.5) is 0 Å². The molecule has 2 aliphatic rings. The first kappa shape index (κ1) is 15.7. The third-order valence-electron chi connectivity index (χ3n) is 5.46. The largest absolute Gasteiger partial charge is 0.481 e. The Morgan fingerprint density at radius 2 is 2.00 bits per heavy atom. The van der Waals surface area contributed by atoms with Crippen LogP contribution in [0.3, 0.4) is 0 Å². The smallest absolute Gasteiger partial charge is 0.307 e. The topological polar surface area (TPSA) is 70.8 Å². The van der Waals surface area contributed by atoms with Crippen molar-refractivity contribution in [1.82, 2.24) is 4.90 Å².